The van der Waals surface area contributed by atoms with Gasteiger partial charge < -0.3 is 30.9 Å². The summed E-state index contributed by atoms with van der Waals surface area (Å²) in [7, 11) is 0. The number of amides is 3. The van der Waals surface area contributed by atoms with E-state index in [1.165, 1.54) is 6.08 Å². The summed E-state index contributed by atoms with van der Waals surface area (Å²) in [6, 6.07) is 6.77. The van der Waals surface area contributed by atoms with Gasteiger partial charge >= 0.3 is 6.09 Å². The number of halogens is 1. The van der Waals surface area contributed by atoms with Gasteiger partial charge in [0.05, 0.1) is 24.7 Å². The predicted octanol–water partition coefficient (Wildman–Crippen LogP) is 3.34. The van der Waals surface area contributed by atoms with Gasteiger partial charge in [-0.2, -0.15) is 19.6 Å². The van der Waals surface area contributed by atoms with E-state index in [9.17, 15) is 23.9 Å². The quantitative estimate of drug-likeness (QED) is 0.273. The maximum atomic E-state index is 14.9. The minimum Gasteiger partial charge on any atom is -0.465 e. The molecule has 2 aromatic heterocycles. The average Bonchev–Trinajstić information content (AvgIpc) is 3.65. The van der Waals surface area contributed by atoms with Gasteiger partial charge in [-0.1, -0.05) is 32.6 Å². The van der Waals surface area contributed by atoms with Crippen molar-refractivity contribution < 1.29 is 23.9 Å². The fourth-order valence-electron chi connectivity index (χ4n) is 5.38. The molecule has 0 saturated carbocycles. The van der Waals surface area contributed by atoms with E-state index in [0.29, 0.717) is 43.3 Å². The van der Waals surface area contributed by atoms with Gasteiger partial charge in [0, 0.05) is 37.4 Å². The molecule has 1 aromatic carbocycles. The van der Waals surface area contributed by atoms with Gasteiger partial charge in [-0.3, -0.25) is 9.59 Å². The molecule has 5 rings (SSSR count). The summed E-state index contributed by atoms with van der Waals surface area (Å²) in [6.45, 7) is 8.79. The largest absolute Gasteiger partial charge is 0.465 e. The van der Waals surface area contributed by atoms with Crippen LogP contribution in [0.1, 0.15) is 43.7 Å². The first-order valence-corrected chi connectivity index (χ1v) is 14.3. The Bertz CT molecular complexity index is 1530. The second-order valence-corrected chi connectivity index (χ2v) is 11.2. The first-order chi connectivity index (χ1) is 20.6. The molecule has 2 aliphatic rings. The van der Waals surface area contributed by atoms with Crippen LogP contribution < -0.4 is 16.0 Å². The number of alkyl halides is 1. The minimum absolute atomic E-state index is 0.128. The number of benzene rings is 1. The Kier molecular flexibility index (Phi) is 8.73. The number of nitrogens with zero attached hydrogens (tertiary/aromatic N) is 6. The van der Waals surface area contributed by atoms with Crippen molar-refractivity contribution in [3.05, 3.63) is 54.2 Å². The molecule has 2 saturated heterocycles. The van der Waals surface area contributed by atoms with E-state index in [2.05, 4.69) is 37.6 Å². The second-order valence-electron chi connectivity index (χ2n) is 11.2. The summed E-state index contributed by atoms with van der Waals surface area (Å²) in [5, 5.41) is 23.0. The SMILES string of the molecule is C=CC(=O)N1CCC(C(=O)Nc2cccc(CNc3nc(N[C@@H]4CCN(C(=O)O)C[C@H]4F)nc4c(C(C)C)cnn34)c2)C1. The van der Waals surface area contributed by atoms with Crippen molar-refractivity contribution in [2.75, 3.05) is 42.1 Å². The minimum atomic E-state index is -1.41. The van der Waals surface area contributed by atoms with Crippen molar-refractivity contribution in [2.24, 2.45) is 5.92 Å². The van der Waals surface area contributed by atoms with Crippen molar-refractivity contribution in [2.45, 2.75) is 51.4 Å². The number of rotatable bonds is 9. The third kappa shape index (κ3) is 6.68. The van der Waals surface area contributed by atoms with Crippen LogP contribution >= 0.6 is 0 Å². The third-order valence-corrected chi connectivity index (χ3v) is 7.83. The monoisotopic (exact) mass is 593 g/mol. The molecular formula is C29H36FN9O4. The zero-order chi connectivity index (χ0) is 30.7. The van der Waals surface area contributed by atoms with Crippen LogP contribution in [0.25, 0.3) is 5.65 Å². The van der Waals surface area contributed by atoms with Crippen molar-refractivity contribution in [1.82, 2.24) is 29.4 Å². The number of carbonyl (C=O) groups excluding carboxylic acids is 2. The van der Waals surface area contributed by atoms with Crippen LogP contribution in [0.15, 0.2) is 43.1 Å². The molecule has 0 radical (unpaired) electrons. The molecule has 2 aliphatic heterocycles. The molecular weight excluding hydrogens is 557 g/mol. The maximum absolute atomic E-state index is 14.9. The first kappa shape index (κ1) is 29.7. The predicted molar refractivity (Wildman–Crippen MR) is 159 cm³/mol. The number of carboxylic acid groups (broad SMARTS) is 1. The molecule has 4 N–H and O–H groups in total. The topological polar surface area (TPSA) is 157 Å². The second kappa shape index (κ2) is 12.6. The highest BCUT2D eigenvalue weighted by molar-refractivity contribution is 5.94. The van der Waals surface area contributed by atoms with E-state index < -0.39 is 18.3 Å². The van der Waals surface area contributed by atoms with Crippen LogP contribution in [0.4, 0.5) is 26.8 Å². The summed E-state index contributed by atoms with van der Waals surface area (Å²) >= 11 is 0. The lowest BCUT2D eigenvalue weighted by molar-refractivity contribution is -0.125. The molecule has 2 fully saturated rings. The number of nitrogens with one attached hydrogen (secondary N) is 3. The Labute approximate surface area is 248 Å². The summed E-state index contributed by atoms with van der Waals surface area (Å²) in [6.07, 6.45) is 1.31. The van der Waals surface area contributed by atoms with E-state index in [1.807, 2.05) is 32.0 Å². The Morgan fingerprint density at radius 1 is 1.16 bits per heavy atom. The van der Waals surface area contributed by atoms with Gasteiger partial charge in [0.25, 0.3) is 0 Å². The highest BCUT2D eigenvalue weighted by atomic mass is 19.1. The number of carbonyl (C=O) groups is 3. The van der Waals surface area contributed by atoms with Crippen molar-refractivity contribution in [3.63, 3.8) is 0 Å². The van der Waals surface area contributed by atoms with E-state index in [0.717, 1.165) is 16.0 Å². The number of aromatic nitrogens is 4. The van der Waals surface area contributed by atoms with Crippen LogP contribution in [0, 0.1) is 5.92 Å². The molecule has 1 unspecified atom stereocenters. The Balaban J connectivity index is 1.29. The lowest BCUT2D eigenvalue weighted by Crippen LogP contribution is -2.49. The van der Waals surface area contributed by atoms with Crippen molar-refractivity contribution >= 4 is 41.1 Å². The number of fused-ring (bicyclic) bond motifs is 1. The average molecular weight is 594 g/mol. The number of hydrogen-bond donors (Lipinski definition) is 4. The number of anilines is 3. The molecule has 4 heterocycles. The molecule has 3 atom stereocenters. The number of hydrogen-bond acceptors (Lipinski definition) is 8. The highest BCUT2D eigenvalue weighted by Crippen LogP contribution is 2.25. The lowest BCUT2D eigenvalue weighted by Gasteiger charge is -2.33. The fraction of sp³-hybridized carbons (Fsp3) is 0.448. The van der Waals surface area contributed by atoms with Gasteiger partial charge in [-0.25, -0.2) is 9.18 Å². The van der Waals surface area contributed by atoms with E-state index in [-0.39, 0.29) is 49.1 Å². The molecule has 0 bridgehead atoms. The maximum Gasteiger partial charge on any atom is 0.407 e. The Morgan fingerprint density at radius 2 is 1.95 bits per heavy atom. The molecule has 14 heteroatoms. The van der Waals surface area contributed by atoms with E-state index in [4.69, 9.17) is 0 Å². The van der Waals surface area contributed by atoms with Crippen LogP contribution in [-0.2, 0) is 16.1 Å². The summed E-state index contributed by atoms with van der Waals surface area (Å²) in [5.41, 5.74) is 2.98. The van der Waals surface area contributed by atoms with Gasteiger partial charge in [-0.15, -0.1) is 0 Å². The fourth-order valence-corrected chi connectivity index (χ4v) is 5.38. The van der Waals surface area contributed by atoms with Gasteiger partial charge in [0.2, 0.25) is 23.7 Å². The van der Waals surface area contributed by atoms with Gasteiger partial charge in [0.1, 0.15) is 6.17 Å². The highest BCUT2D eigenvalue weighted by Gasteiger charge is 2.32. The lowest BCUT2D eigenvalue weighted by atomic mass is 10.0. The third-order valence-electron chi connectivity index (χ3n) is 7.83. The van der Waals surface area contributed by atoms with Crippen LogP contribution in [0.2, 0.25) is 0 Å². The van der Waals surface area contributed by atoms with Crippen LogP contribution in [0.5, 0.6) is 0 Å². The summed E-state index contributed by atoms with van der Waals surface area (Å²) in [4.78, 5) is 47.9. The van der Waals surface area contributed by atoms with Crippen LogP contribution in [0.3, 0.4) is 0 Å². The summed E-state index contributed by atoms with van der Waals surface area (Å²) in [5.74, 6) is 0.131. The van der Waals surface area contributed by atoms with Crippen molar-refractivity contribution in [3.8, 4) is 0 Å². The zero-order valence-corrected chi connectivity index (χ0v) is 24.2. The smallest absolute Gasteiger partial charge is 0.407 e. The Morgan fingerprint density at radius 3 is 2.67 bits per heavy atom. The molecule has 3 amide bonds. The first-order valence-electron chi connectivity index (χ1n) is 14.3. The molecule has 43 heavy (non-hydrogen) atoms. The standard InChI is InChI=1S/C29H36FN9O4/c1-4-24(40)37-10-8-19(15-37)26(41)33-20-7-5-6-18(12-20)13-31-28-36-27(35-25-21(17(2)3)14-32-39(25)28)34-23-9-11-38(29(42)43)16-22(23)30/h4-7,12,14,17,19,22-23H,1,8-11,13,15-16H2,2-3H3,(H,33,41)(H,42,43)(H2,31,34,35,36)/t19?,22-,23-/m1/s1. The molecule has 0 spiro atoms. The van der Waals surface area contributed by atoms with E-state index >= 15 is 0 Å². The molecule has 228 valence electrons. The van der Waals surface area contributed by atoms with Gasteiger partial charge in [-0.05, 0) is 42.5 Å². The Hall–Kier alpha value is -4.75. The molecule has 3 aromatic rings. The molecule has 0 aliphatic carbocycles. The van der Waals surface area contributed by atoms with Crippen LogP contribution in [-0.4, -0.2) is 90.8 Å². The normalized spacial score (nSPS) is 20.3. The number of likely N-dealkylation sites (tertiary alicyclic amines) is 2. The molecule has 13 nitrogen and oxygen atoms in total. The van der Waals surface area contributed by atoms with Gasteiger partial charge in [0.15, 0.2) is 5.65 Å². The van der Waals surface area contributed by atoms with Crippen molar-refractivity contribution in [1.29, 1.82) is 0 Å². The number of piperidine rings is 1. The van der Waals surface area contributed by atoms with E-state index in [1.54, 1.807) is 21.7 Å². The summed E-state index contributed by atoms with van der Waals surface area (Å²) < 4.78 is 16.5. The zero-order valence-electron chi connectivity index (χ0n) is 24.2.